The smallest absolute Gasteiger partial charge is 0.289 e. The number of hydrogen-bond acceptors (Lipinski definition) is 5. The molecule has 1 saturated heterocycles. The number of carbonyl (C=O) groups excluding carboxylic acids is 1. The Morgan fingerprint density at radius 2 is 2.20 bits per heavy atom. The minimum absolute atomic E-state index is 0.0561. The Balaban J connectivity index is 1.53. The fourth-order valence-corrected chi connectivity index (χ4v) is 3.36. The van der Waals surface area contributed by atoms with Crippen molar-refractivity contribution in [1.29, 1.82) is 0 Å². The van der Waals surface area contributed by atoms with Crippen LogP contribution < -0.4 is 0 Å². The van der Waals surface area contributed by atoms with E-state index in [-0.39, 0.29) is 12.0 Å². The Labute approximate surface area is 147 Å². The molecule has 0 spiro atoms. The predicted octanol–water partition coefficient (Wildman–Crippen LogP) is 2.32. The van der Waals surface area contributed by atoms with Crippen LogP contribution in [0.3, 0.4) is 0 Å². The highest BCUT2D eigenvalue weighted by molar-refractivity contribution is 5.95. The molecule has 1 aliphatic heterocycles. The Bertz CT molecular complexity index is 768. The van der Waals surface area contributed by atoms with E-state index in [9.17, 15) is 4.79 Å². The number of aryl methyl sites for hydroxylation is 1. The molecule has 0 bridgehead atoms. The lowest BCUT2D eigenvalue weighted by molar-refractivity contribution is -0.0334. The summed E-state index contributed by atoms with van der Waals surface area (Å²) >= 11 is 0. The van der Waals surface area contributed by atoms with Crippen molar-refractivity contribution < 1.29 is 13.9 Å². The van der Waals surface area contributed by atoms with E-state index in [0.29, 0.717) is 23.8 Å². The minimum atomic E-state index is -0.0561. The van der Waals surface area contributed by atoms with Gasteiger partial charge in [-0.05, 0) is 44.9 Å². The normalized spacial score (nSPS) is 21.6. The Morgan fingerprint density at radius 3 is 2.96 bits per heavy atom. The molecular formula is C19H25N3O3. The first-order chi connectivity index (χ1) is 12.1. The molecule has 2 aliphatic rings. The third kappa shape index (κ3) is 3.85. The third-order valence-electron chi connectivity index (χ3n) is 4.95. The molecule has 1 amide bonds. The van der Waals surface area contributed by atoms with E-state index in [1.807, 2.05) is 24.0 Å². The van der Waals surface area contributed by atoms with Crippen LogP contribution in [0.25, 0.3) is 11.1 Å². The second kappa shape index (κ2) is 6.77. The molecule has 2 fully saturated rings. The van der Waals surface area contributed by atoms with Crippen molar-refractivity contribution in [3.8, 4) is 0 Å². The highest BCUT2D eigenvalue weighted by Crippen LogP contribution is 2.31. The number of pyridine rings is 1. The van der Waals surface area contributed by atoms with E-state index in [0.717, 1.165) is 37.5 Å². The molecule has 6 nitrogen and oxygen atoms in total. The number of hydrogen-bond donors (Lipinski definition) is 0. The van der Waals surface area contributed by atoms with E-state index in [1.165, 1.54) is 12.8 Å². The lowest BCUT2D eigenvalue weighted by atomic mass is 10.2. The van der Waals surface area contributed by atoms with Gasteiger partial charge in [-0.2, -0.15) is 0 Å². The summed E-state index contributed by atoms with van der Waals surface area (Å²) in [7, 11) is 2.09. The van der Waals surface area contributed by atoms with Crippen LogP contribution in [-0.2, 0) is 4.74 Å². The number of morpholine rings is 1. The van der Waals surface area contributed by atoms with Crippen LogP contribution in [0.4, 0.5) is 0 Å². The number of amides is 1. The maximum atomic E-state index is 13.1. The molecule has 1 unspecified atom stereocenters. The van der Waals surface area contributed by atoms with E-state index in [2.05, 4.69) is 16.9 Å². The standard InChI is InChI=1S/C19H25N3O3/c1-13-3-6-17-16(20-13)9-18(25-17)19(23)22(10-14-4-5-14)12-15-11-21(2)7-8-24-15/h3,6,9,14-15H,4-5,7-8,10-12H2,1-2H3. The molecule has 0 aromatic carbocycles. The predicted molar refractivity (Wildman–Crippen MR) is 94.6 cm³/mol. The number of fused-ring (bicyclic) bond motifs is 1. The molecule has 1 atom stereocenters. The average Bonchev–Trinajstić information content (AvgIpc) is 3.30. The van der Waals surface area contributed by atoms with Gasteiger partial charge >= 0.3 is 0 Å². The molecule has 0 N–H and O–H groups in total. The van der Waals surface area contributed by atoms with Gasteiger partial charge in [-0.3, -0.25) is 4.79 Å². The van der Waals surface area contributed by atoms with Crippen molar-refractivity contribution in [2.45, 2.75) is 25.9 Å². The van der Waals surface area contributed by atoms with Crippen LogP contribution in [0.15, 0.2) is 22.6 Å². The second-order valence-corrected chi connectivity index (χ2v) is 7.36. The van der Waals surface area contributed by atoms with Crippen LogP contribution >= 0.6 is 0 Å². The molecule has 4 rings (SSSR count). The Morgan fingerprint density at radius 1 is 1.36 bits per heavy atom. The van der Waals surface area contributed by atoms with Crippen molar-refractivity contribution >= 4 is 17.0 Å². The fraction of sp³-hybridized carbons (Fsp3) is 0.579. The summed E-state index contributed by atoms with van der Waals surface area (Å²) in [6, 6.07) is 5.53. The number of ether oxygens (including phenoxy) is 1. The van der Waals surface area contributed by atoms with Gasteiger partial charge in [0, 0.05) is 37.9 Å². The van der Waals surface area contributed by atoms with Crippen molar-refractivity contribution in [1.82, 2.24) is 14.8 Å². The summed E-state index contributed by atoms with van der Waals surface area (Å²) in [5.74, 6) is 0.937. The summed E-state index contributed by atoms with van der Waals surface area (Å²) in [4.78, 5) is 21.7. The number of nitrogens with zero attached hydrogens (tertiary/aromatic N) is 3. The SMILES string of the molecule is Cc1ccc2oc(C(=O)N(CC3CC3)CC3CN(C)CCO3)cc2n1. The summed E-state index contributed by atoms with van der Waals surface area (Å²) in [5.41, 5.74) is 2.32. The lowest BCUT2D eigenvalue weighted by Crippen LogP contribution is -2.48. The Hall–Kier alpha value is -1.92. The highest BCUT2D eigenvalue weighted by atomic mass is 16.5. The molecule has 0 radical (unpaired) electrons. The Kier molecular flexibility index (Phi) is 4.48. The maximum Gasteiger partial charge on any atom is 0.289 e. The van der Waals surface area contributed by atoms with Crippen LogP contribution in [0.1, 0.15) is 29.1 Å². The van der Waals surface area contributed by atoms with E-state index in [1.54, 1.807) is 6.07 Å². The topological polar surface area (TPSA) is 58.8 Å². The first-order valence-corrected chi connectivity index (χ1v) is 9.05. The maximum absolute atomic E-state index is 13.1. The van der Waals surface area contributed by atoms with Gasteiger partial charge in [0.25, 0.3) is 5.91 Å². The zero-order valence-corrected chi connectivity index (χ0v) is 14.9. The van der Waals surface area contributed by atoms with Gasteiger partial charge < -0.3 is 19.0 Å². The van der Waals surface area contributed by atoms with Gasteiger partial charge in [0.15, 0.2) is 11.3 Å². The van der Waals surface area contributed by atoms with Crippen molar-refractivity contribution in [2.24, 2.45) is 5.92 Å². The first-order valence-electron chi connectivity index (χ1n) is 9.05. The molecule has 2 aromatic heterocycles. The van der Waals surface area contributed by atoms with Crippen molar-refractivity contribution in [2.75, 3.05) is 39.8 Å². The minimum Gasteiger partial charge on any atom is -0.449 e. The lowest BCUT2D eigenvalue weighted by Gasteiger charge is -2.33. The summed E-state index contributed by atoms with van der Waals surface area (Å²) in [6.45, 7) is 5.86. The number of rotatable bonds is 5. The molecular weight excluding hydrogens is 318 g/mol. The molecule has 134 valence electrons. The quantitative estimate of drug-likeness (QED) is 0.834. The summed E-state index contributed by atoms with van der Waals surface area (Å²) in [5, 5.41) is 0. The van der Waals surface area contributed by atoms with Crippen molar-refractivity contribution in [3.05, 3.63) is 29.7 Å². The average molecular weight is 343 g/mol. The first kappa shape index (κ1) is 16.5. The third-order valence-corrected chi connectivity index (χ3v) is 4.95. The van der Waals surface area contributed by atoms with E-state index >= 15 is 0 Å². The fourth-order valence-electron chi connectivity index (χ4n) is 3.36. The van der Waals surface area contributed by atoms with E-state index < -0.39 is 0 Å². The zero-order valence-electron chi connectivity index (χ0n) is 14.9. The van der Waals surface area contributed by atoms with Gasteiger partial charge in [-0.25, -0.2) is 4.98 Å². The monoisotopic (exact) mass is 343 g/mol. The van der Waals surface area contributed by atoms with Crippen LogP contribution in [0.5, 0.6) is 0 Å². The summed E-state index contributed by atoms with van der Waals surface area (Å²) in [6.07, 6.45) is 2.47. The van der Waals surface area contributed by atoms with Crippen molar-refractivity contribution in [3.63, 3.8) is 0 Å². The largest absolute Gasteiger partial charge is 0.449 e. The van der Waals surface area contributed by atoms with Crippen LogP contribution in [0, 0.1) is 12.8 Å². The van der Waals surface area contributed by atoms with Gasteiger partial charge in [0.05, 0.1) is 12.7 Å². The number of aromatic nitrogens is 1. The number of furan rings is 1. The molecule has 1 saturated carbocycles. The second-order valence-electron chi connectivity index (χ2n) is 7.36. The van der Waals surface area contributed by atoms with E-state index in [4.69, 9.17) is 9.15 Å². The highest BCUT2D eigenvalue weighted by Gasteiger charge is 2.31. The molecule has 3 heterocycles. The van der Waals surface area contributed by atoms with Crippen LogP contribution in [0.2, 0.25) is 0 Å². The zero-order chi connectivity index (χ0) is 17.4. The van der Waals surface area contributed by atoms with Gasteiger partial charge in [-0.1, -0.05) is 0 Å². The number of likely N-dealkylation sites (N-methyl/N-ethyl adjacent to an activating group) is 1. The molecule has 2 aromatic rings. The molecule has 6 heteroatoms. The van der Waals surface area contributed by atoms with Gasteiger partial charge in [-0.15, -0.1) is 0 Å². The van der Waals surface area contributed by atoms with Gasteiger partial charge in [0.2, 0.25) is 0 Å². The van der Waals surface area contributed by atoms with Gasteiger partial charge in [0.1, 0.15) is 5.52 Å². The van der Waals surface area contributed by atoms with Crippen LogP contribution in [-0.4, -0.2) is 66.6 Å². The molecule has 25 heavy (non-hydrogen) atoms. The molecule has 1 aliphatic carbocycles. The number of carbonyl (C=O) groups is 1. The summed E-state index contributed by atoms with van der Waals surface area (Å²) < 4.78 is 11.6.